The number of likely N-dealkylation sites (tertiary alicyclic amines) is 1. The SMILES string of the molecule is O=C(CN1C(=O)[C@@H]2[C@H]3C[C@@H]([C@@H](Br)[C@H]3Br)[C@H]2C1=O)Nc1cccc(C(F)(F)F)c1. The summed E-state index contributed by atoms with van der Waals surface area (Å²) in [4.78, 5) is 38.9. The summed E-state index contributed by atoms with van der Waals surface area (Å²) in [5.74, 6) is -2.25. The van der Waals surface area contributed by atoms with E-state index in [1.165, 1.54) is 12.1 Å². The fraction of sp³-hybridized carbons (Fsp3) is 0.500. The van der Waals surface area contributed by atoms with Gasteiger partial charge in [-0.2, -0.15) is 13.2 Å². The van der Waals surface area contributed by atoms with Crippen molar-refractivity contribution in [1.82, 2.24) is 4.90 Å². The molecular formula is C18H15Br2F3N2O3. The van der Waals surface area contributed by atoms with Crippen molar-refractivity contribution < 1.29 is 27.6 Å². The first-order chi connectivity index (χ1) is 13.1. The third-order valence-corrected chi connectivity index (χ3v) is 9.06. The molecule has 6 atom stereocenters. The molecule has 2 aliphatic carbocycles. The van der Waals surface area contributed by atoms with E-state index >= 15 is 0 Å². The zero-order chi connectivity index (χ0) is 20.4. The van der Waals surface area contributed by atoms with Gasteiger partial charge in [-0.25, -0.2) is 0 Å². The Morgan fingerprint density at radius 2 is 1.68 bits per heavy atom. The number of amides is 3. The number of nitrogens with one attached hydrogen (secondary N) is 1. The molecule has 0 unspecified atom stereocenters. The highest BCUT2D eigenvalue weighted by molar-refractivity contribution is 9.12. The van der Waals surface area contributed by atoms with Crippen molar-refractivity contribution in [2.45, 2.75) is 22.3 Å². The molecule has 150 valence electrons. The lowest BCUT2D eigenvalue weighted by Gasteiger charge is -2.28. The Labute approximate surface area is 175 Å². The largest absolute Gasteiger partial charge is 0.416 e. The third-order valence-electron chi connectivity index (χ3n) is 5.85. The molecule has 1 N–H and O–H groups in total. The van der Waals surface area contributed by atoms with E-state index in [2.05, 4.69) is 37.2 Å². The smallest absolute Gasteiger partial charge is 0.325 e. The lowest BCUT2D eigenvalue weighted by molar-refractivity contribution is -0.143. The van der Waals surface area contributed by atoms with Gasteiger partial charge in [-0.1, -0.05) is 37.9 Å². The van der Waals surface area contributed by atoms with Crippen LogP contribution in [0.5, 0.6) is 0 Å². The number of carbonyl (C=O) groups excluding carboxylic acids is 3. The number of fused-ring (bicyclic) bond motifs is 5. The van der Waals surface area contributed by atoms with Gasteiger partial charge in [-0.3, -0.25) is 19.3 Å². The third kappa shape index (κ3) is 3.08. The van der Waals surface area contributed by atoms with Crippen LogP contribution in [0.1, 0.15) is 12.0 Å². The van der Waals surface area contributed by atoms with Gasteiger partial charge in [0.25, 0.3) is 0 Å². The zero-order valence-corrected chi connectivity index (χ0v) is 17.4. The summed E-state index contributed by atoms with van der Waals surface area (Å²) in [6.45, 7) is -0.500. The van der Waals surface area contributed by atoms with E-state index in [-0.39, 0.29) is 39.0 Å². The fourth-order valence-corrected chi connectivity index (χ4v) is 6.56. The Morgan fingerprint density at radius 3 is 2.21 bits per heavy atom. The van der Waals surface area contributed by atoms with E-state index in [0.29, 0.717) is 0 Å². The van der Waals surface area contributed by atoms with Crippen molar-refractivity contribution in [2.75, 3.05) is 11.9 Å². The molecule has 0 radical (unpaired) electrons. The second-order valence-electron chi connectivity index (χ2n) is 7.39. The number of benzene rings is 1. The van der Waals surface area contributed by atoms with E-state index in [1.807, 2.05) is 0 Å². The van der Waals surface area contributed by atoms with Crippen LogP contribution in [0.4, 0.5) is 18.9 Å². The minimum atomic E-state index is -4.53. The highest BCUT2D eigenvalue weighted by atomic mass is 79.9. The number of halogens is 5. The first-order valence-corrected chi connectivity index (χ1v) is 10.5. The Hall–Kier alpha value is -1.42. The summed E-state index contributed by atoms with van der Waals surface area (Å²) in [5.41, 5.74) is -0.934. The van der Waals surface area contributed by atoms with E-state index in [1.54, 1.807) is 0 Å². The Balaban J connectivity index is 1.46. The maximum Gasteiger partial charge on any atom is 0.416 e. The van der Waals surface area contributed by atoms with Gasteiger partial charge in [0, 0.05) is 15.3 Å². The summed E-state index contributed by atoms with van der Waals surface area (Å²) in [6.07, 6.45) is -3.75. The van der Waals surface area contributed by atoms with E-state index < -0.39 is 36.0 Å². The number of anilines is 1. The molecule has 0 aromatic heterocycles. The molecule has 1 saturated heterocycles. The average Bonchev–Trinajstić information content (AvgIpc) is 3.22. The molecule has 4 rings (SSSR count). The second kappa shape index (κ2) is 6.83. The van der Waals surface area contributed by atoms with Gasteiger partial charge >= 0.3 is 6.18 Å². The fourth-order valence-electron chi connectivity index (χ4n) is 4.68. The lowest BCUT2D eigenvalue weighted by Crippen LogP contribution is -2.39. The predicted octanol–water partition coefficient (Wildman–Crippen LogP) is 3.42. The maximum atomic E-state index is 12.8. The number of rotatable bonds is 3. The molecular weight excluding hydrogens is 509 g/mol. The van der Waals surface area contributed by atoms with E-state index in [4.69, 9.17) is 0 Å². The minimum Gasteiger partial charge on any atom is -0.325 e. The van der Waals surface area contributed by atoms with Crippen LogP contribution in [-0.4, -0.2) is 38.8 Å². The molecule has 10 heteroatoms. The first-order valence-electron chi connectivity index (χ1n) is 8.70. The van der Waals surface area contributed by atoms with Crippen LogP contribution in [0.3, 0.4) is 0 Å². The quantitative estimate of drug-likeness (QED) is 0.487. The van der Waals surface area contributed by atoms with Gasteiger partial charge in [0.1, 0.15) is 6.54 Å². The molecule has 2 saturated carbocycles. The summed E-state index contributed by atoms with van der Waals surface area (Å²) in [5, 5.41) is 2.34. The average molecular weight is 524 g/mol. The Bertz CT molecular complexity index is 831. The topological polar surface area (TPSA) is 66.5 Å². The van der Waals surface area contributed by atoms with Crippen molar-refractivity contribution in [1.29, 1.82) is 0 Å². The molecule has 3 aliphatic rings. The molecule has 1 aliphatic heterocycles. The van der Waals surface area contributed by atoms with Crippen molar-refractivity contribution in [3.63, 3.8) is 0 Å². The number of nitrogens with zero attached hydrogens (tertiary/aromatic N) is 1. The predicted molar refractivity (Wildman–Crippen MR) is 101 cm³/mol. The van der Waals surface area contributed by atoms with E-state index in [9.17, 15) is 27.6 Å². The molecule has 28 heavy (non-hydrogen) atoms. The molecule has 1 heterocycles. The lowest BCUT2D eigenvalue weighted by atomic mass is 9.81. The Kier molecular flexibility index (Phi) is 4.85. The van der Waals surface area contributed by atoms with Gasteiger partial charge in [0.05, 0.1) is 17.4 Å². The minimum absolute atomic E-state index is 0.0346. The number of hydrogen-bond donors (Lipinski definition) is 1. The first kappa shape index (κ1) is 19.9. The van der Waals surface area contributed by atoms with Crippen LogP contribution in [0.25, 0.3) is 0 Å². The Morgan fingerprint density at radius 1 is 1.11 bits per heavy atom. The van der Waals surface area contributed by atoms with Crippen LogP contribution in [-0.2, 0) is 20.6 Å². The number of alkyl halides is 5. The van der Waals surface area contributed by atoms with Crippen LogP contribution in [0, 0.1) is 23.7 Å². The number of imide groups is 1. The molecule has 3 amide bonds. The van der Waals surface area contributed by atoms with Gasteiger partial charge < -0.3 is 5.32 Å². The number of hydrogen-bond acceptors (Lipinski definition) is 3. The summed E-state index contributed by atoms with van der Waals surface area (Å²) in [7, 11) is 0. The maximum absolute atomic E-state index is 12.8. The standard InChI is InChI=1S/C18H15Br2F3N2O3/c19-14-9-5-10(15(14)20)13-12(9)16(27)25(17(13)28)6-11(26)24-8-3-1-2-7(4-8)18(21,22)23/h1-4,9-10,12-15H,5-6H2,(H,24,26)/t9-,10-,12-,13-,14-,15+/m1/s1. The van der Waals surface area contributed by atoms with Crippen molar-refractivity contribution in [3.05, 3.63) is 29.8 Å². The summed E-state index contributed by atoms with van der Waals surface area (Å²) < 4.78 is 38.4. The second-order valence-corrected chi connectivity index (χ2v) is 9.51. The highest BCUT2D eigenvalue weighted by Crippen LogP contribution is 2.60. The molecule has 1 aromatic rings. The van der Waals surface area contributed by atoms with Gasteiger partial charge in [-0.05, 0) is 36.5 Å². The van der Waals surface area contributed by atoms with Gasteiger partial charge in [-0.15, -0.1) is 0 Å². The summed E-state index contributed by atoms with van der Waals surface area (Å²) >= 11 is 7.16. The molecule has 0 spiro atoms. The van der Waals surface area contributed by atoms with Gasteiger partial charge in [0.2, 0.25) is 17.7 Å². The zero-order valence-electron chi connectivity index (χ0n) is 14.2. The summed E-state index contributed by atoms with van der Waals surface area (Å²) in [6, 6.07) is 4.21. The number of carbonyl (C=O) groups is 3. The van der Waals surface area contributed by atoms with Crippen LogP contribution < -0.4 is 5.32 Å². The van der Waals surface area contributed by atoms with Crippen molar-refractivity contribution in [3.8, 4) is 0 Å². The normalized spacial score (nSPS) is 34.1. The highest BCUT2D eigenvalue weighted by Gasteiger charge is 2.66. The molecule has 1 aromatic carbocycles. The molecule has 2 bridgehead atoms. The monoisotopic (exact) mass is 522 g/mol. The van der Waals surface area contributed by atoms with Gasteiger partial charge in [0.15, 0.2) is 0 Å². The van der Waals surface area contributed by atoms with Crippen molar-refractivity contribution in [2.24, 2.45) is 23.7 Å². The van der Waals surface area contributed by atoms with Crippen LogP contribution >= 0.6 is 31.9 Å². The van der Waals surface area contributed by atoms with Crippen molar-refractivity contribution >= 4 is 55.3 Å². The van der Waals surface area contributed by atoms with E-state index in [0.717, 1.165) is 23.5 Å². The van der Waals surface area contributed by atoms with Crippen LogP contribution in [0.2, 0.25) is 0 Å². The molecule has 5 nitrogen and oxygen atoms in total. The van der Waals surface area contributed by atoms with Crippen LogP contribution in [0.15, 0.2) is 24.3 Å². The molecule has 3 fully saturated rings.